The van der Waals surface area contributed by atoms with Crippen LogP contribution in [-0.4, -0.2) is 85.6 Å². The molecule has 13 nitrogen and oxygen atoms in total. The van der Waals surface area contributed by atoms with Crippen molar-refractivity contribution >= 4 is 34.8 Å². The van der Waals surface area contributed by atoms with Gasteiger partial charge in [-0.15, -0.1) is 0 Å². The molecule has 266 valence electrons. The number of hydrogen-bond donors (Lipinski definition) is 3. The van der Waals surface area contributed by atoms with Crippen LogP contribution in [0.5, 0.6) is 0 Å². The molecule has 0 spiro atoms. The number of fused-ring (bicyclic) bond motifs is 3. The van der Waals surface area contributed by atoms with E-state index in [0.29, 0.717) is 59.3 Å². The quantitative estimate of drug-likeness (QED) is 0.225. The molecule has 3 aliphatic rings. The van der Waals surface area contributed by atoms with Gasteiger partial charge in [0.1, 0.15) is 11.5 Å². The Hall–Kier alpha value is -5.11. The fraction of sp³-hybridized carbons (Fsp3) is 0.395. The minimum absolute atomic E-state index is 0.0688. The lowest BCUT2D eigenvalue weighted by atomic mass is 9.90. The molecule has 1 saturated heterocycles. The van der Waals surface area contributed by atoms with E-state index in [0.717, 1.165) is 44.6 Å². The van der Waals surface area contributed by atoms with Gasteiger partial charge in [-0.2, -0.15) is 0 Å². The molecule has 1 aromatic carbocycles. The fourth-order valence-electron chi connectivity index (χ4n) is 7.56. The zero-order chi connectivity index (χ0) is 36.0. The number of piperazine rings is 1. The summed E-state index contributed by atoms with van der Waals surface area (Å²) in [6, 6.07) is 9.38. The molecule has 13 heteroatoms. The van der Waals surface area contributed by atoms with E-state index >= 15 is 0 Å². The Morgan fingerprint density at radius 3 is 2.53 bits per heavy atom. The number of rotatable bonds is 9. The molecule has 4 aromatic rings. The summed E-state index contributed by atoms with van der Waals surface area (Å²) in [4.78, 5) is 55.2. The van der Waals surface area contributed by atoms with Gasteiger partial charge in [-0.3, -0.25) is 24.2 Å². The number of aliphatic hydroxyl groups excluding tert-OH is 1. The summed E-state index contributed by atoms with van der Waals surface area (Å²) >= 11 is 0. The van der Waals surface area contributed by atoms with E-state index in [1.54, 1.807) is 36.5 Å². The van der Waals surface area contributed by atoms with Crippen molar-refractivity contribution in [1.29, 1.82) is 0 Å². The second-order valence-electron chi connectivity index (χ2n) is 14.7. The number of amides is 2. The Morgan fingerprint density at radius 2 is 1.78 bits per heavy atom. The molecule has 1 aliphatic carbocycles. The number of carbonyl (C=O) groups is 2. The van der Waals surface area contributed by atoms with E-state index in [9.17, 15) is 19.5 Å². The van der Waals surface area contributed by atoms with Gasteiger partial charge >= 0.3 is 0 Å². The molecule has 1 fully saturated rings. The predicted octanol–water partition coefficient (Wildman–Crippen LogP) is 3.54. The molecule has 0 atom stereocenters. The smallest absolute Gasteiger partial charge is 0.293 e. The third-order valence-electron chi connectivity index (χ3n) is 10.1. The SMILES string of the molecule is C=CC(=O)Nc1cc(CN2CCN(C)CC2)cc(Nc2nc(-c3ccnc(N4CCn5c(cc6c5CC(C)(C)C6)C4=O)c3CO)cn(C)c2=O)c1. The Morgan fingerprint density at radius 1 is 1.02 bits per heavy atom. The maximum Gasteiger partial charge on any atom is 0.293 e. The number of carbonyl (C=O) groups excluding carboxylic acids is 2. The number of aromatic nitrogens is 4. The number of aliphatic hydroxyl groups is 1. The van der Waals surface area contributed by atoms with E-state index in [2.05, 4.69) is 57.5 Å². The largest absolute Gasteiger partial charge is 0.392 e. The molecular weight excluding hydrogens is 646 g/mol. The summed E-state index contributed by atoms with van der Waals surface area (Å²) in [7, 11) is 3.75. The van der Waals surface area contributed by atoms with Gasteiger partial charge in [0.05, 0.1) is 12.3 Å². The average Bonchev–Trinajstić information content (AvgIpc) is 3.59. The van der Waals surface area contributed by atoms with E-state index in [1.807, 2.05) is 18.2 Å². The van der Waals surface area contributed by atoms with Gasteiger partial charge in [-0.1, -0.05) is 20.4 Å². The van der Waals surface area contributed by atoms with Gasteiger partial charge in [-0.05, 0) is 72.8 Å². The molecule has 7 rings (SSSR count). The normalized spacial score (nSPS) is 17.3. The van der Waals surface area contributed by atoms with Gasteiger partial charge in [-0.25, -0.2) is 9.97 Å². The average molecular weight is 692 g/mol. The molecule has 0 bridgehead atoms. The minimum Gasteiger partial charge on any atom is -0.392 e. The van der Waals surface area contributed by atoms with E-state index in [-0.39, 0.29) is 35.2 Å². The van der Waals surface area contributed by atoms with Crippen LogP contribution in [0.4, 0.5) is 23.0 Å². The van der Waals surface area contributed by atoms with Crippen molar-refractivity contribution in [3.05, 3.63) is 93.8 Å². The minimum atomic E-state index is -0.387. The topological polar surface area (TPSA) is 141 Å². The Labute approximate surface area is 297 Å². The molecule has 5 heterocycles. The first-order valence-corrected chi connectivity index (χ1v) is 17.4. The van der Waals surface area contributed by atoms with Crippen molar-refractivity contribution in [2.75, 3.05) is 55.3 Å². The molecule has 3 aromatic heterocycles. The van der Waals surface area contributed by atoms with Crippen molar-refractivity contribution in [1.82, 2.24) is 28.9 Å². The van der Waals surface area contributed by atoms with Crippen LogP contribution in [0.3, 0.4) is 0 Å². The second kappa shape index (κ2) is 13.5. The monoisotopic (exact) mass is 691 g/mol. The van der Waals surface area contributed by atoms with Crippen LogP contribution in [0.1, 0.15) is 46.7 Å². The zero-order valence-corrected chi connectivity index (χ0v) is 29.7. The first kappa shape index (κ1) is 34.3. The Bertz CT molecular complexity index is 2090. The van der Waals surface area contributed by atoms with Crippen molar-refractivity contribution in [2.24, 2.45) is 12.5 Å². The maximum absolute atomic E-state index is 13.9. The van der Waals surface area contributed by atoms with Crippen molar-refractivity contribution in [3.8, 4) is 11.3 Å². The van der Waals surface area contributed by atoms with Gasteiger partial charge < -0.3 is 29.8 Å². The van der Waals surface area contributed by atoms with Crippen LogP contribution >= 0.6 is 0 Å². The molecule has 2 amide bonds. The Kier molecular flexibility index (Phi) is 9.12. The lowest BCUT2D eigenvalue weighted by Gasteiger charge is -2.32. The van der Waals surface area contributed by atoms with Crippen LogP contribution in [-0.2, 0) is 44.4 Å². The lowest BCUT2D eigenvalue weighted by molar-refractivity contribution is -0.111. The maximum atomic E-state index is 13.9. The van der Waals surface area contributed by atoms with E-state index < -0.39 is 0 Å². The third-order valence-corrected chi connectivity index (χ3v) is 10.1. The molecule has 0 unspecified atom stereocenters. The van der Waals surface area contributed by atoms with Gasteiger partial charge in [0, 0.05) is 93.5 Å². The fourth-order valence-corrected chi connectivity index (χ4v) is 7.56. The number of hydrogen-bond acceptors (Lipinski definition) is 9. The first-order chi connectivity index (χ1) is 24.4. The number of pyridine rings is 1. The highest BCUT2D eigenvalue weighted by atomic mass is 16.3. The van der Waals surface area contributed by atoms with Crippen molar-refractivity contribution in [3.63, 3.8) is 0 Å². The summed E-state index contributed by atoms with van der Waals surface area (Å²) in [5.74, 6) is -0.0526. The number of aryl methyl sites for hydroxylation is 1. The number of nitrogens with one attached hydrogen (secondary N) is 2. The lowest BCUT2D eigenvalue weighted by Crippen LogP contribution is -2.43. The highest BCUT2D eigenvalue weighted by molar-refractivity contribution is 6.06. The summed E-state index contributed by atoms with van der Waals surface area (Å²) in [6.07, 6.45) is 6.30. The van der Waals surface area contributed by atoms with Crippen LogP contribution in [0, 0.1) is 5.41 Å². The number of nitrogens with zero attached hydrogens (tertiary/aromatic N) is 7. The summed E-state index contributed by atoms with van der Waals surface area (Å²) < 4.78 is 3.58. The third kappa shape index (κ3) is 6.84. The number of likely N-dealkylation sites (N-methyl/N-ethyl adjacent to an activating group) is 1. The second-order valence-corrected chi connectivity index (χ2v) is 14.7. The molecule has 51 heavy (non-hydrogen) atoms. The molecule has 3 N–H and O–H groups in total. The van der Waals surface area contributed by atoms with Crippen molar-refractivity contribution in [2.45, 2.75) is 46.4 Å². The van der Waals surface area contributed by atoms with Gasteiger partial charge in [0.15, 0.2) is 5.82 Å². The van der Waals surface area contributed by atoms with Crippen molar-refractivity contribution < 1.29 is 14.7 Å². The zero-order valence-electron chi connectivity index (χ0n) is 29.7. The van der Waals surface area contributed by atoms with Crippen LogP contribution in [0.15, 0.2) is 60.2 Å². The standard InChI is InChI=1S/C38H45N9O4/c1-6-33(49)40-26-15-24(21-45-11-9-43(4)10-12-45)16-27(18-26)41-34-37(51)44(5)22-30(42-34)28-7-8-39-35(29(28)23-48)47-14-13-46-31(36(47)50)17-25-19-38(2,3)20-32(25)46/h6-8,15-18,22,48H,1,9-14,19-21,23H2,2-5H3,(H,40,49)(H,41,42). The van der Waals surface area contributed by atoms with E-state index in [1.165, 1.54) is 21.9 Å². The highest BCUT2D eigenvalue weighted by Gasteiger charge is 2.37. The predicted molar refractivity (Wildman–Crippen MR) is 197 cm³/mol. The molecule has 0 radical (unpaired) electrons. The summed E-state index contributed by atoms with van der Waals surface area (Å²) in [6.45, 7) is 13.2. The number of anilines is 4. The molecule has 0 saturated carbocycles. The number of benzene rings is 1. The van der Waals surface area contributed by atoms with E-state index in [4.69, 9.17) is 4.98 Å². The molecular formula is C38H45N9O4. The molecule has 2 aliphatic heterocycles. The van der Waals surface area contributed by atoms with Gasteiger partial charge in [0.2, 0.25) is 5.91 Å². The summed E-state index contributed by atoms with van der Waals surface area (Å²) in [5.41, 5.74) is 6.46. The van der Waals surface area contributed by atoms with Crippen LogP contribution in [0.25, 0.3) is 11.3 Å². The first-order valence-electron chi connectivity index (χ1n) is 17.4. The van der Waals surface area contributed by atoms with Gasteiger partial charge in [0.25, 0.3) is 11.5 Å². The highest BCUT2D eigenvalue weighted by Crippen LogP contribution is 2.40. The van der Waals surface area contributed by atoms with Crippen LogP contribution in [0.2, 0.25) is 0 Å². The summed E-state index contributed by atoms with van der Waals surface area (Å²) in [5, 5.41) is 16.8. The Balaban J connectivity index is 1.20. The van der Waals surface area contributed by atoms with Crippen LogP contribution < -0.4 is 21.1 Å².